The van der Waals surface area contributed by atoms with Gasteiger partial charge >= 0.3 is 0 Å². The standard InChI is InChI=1S/C16H31N3S/c1-6-9-10-11-19(13(4)5)16-18-14(7-2)15(20-16)12-17-8-3/h13,17H,6-12H2,1-5H3. The van der Waals surface area contributed by atoms with Gasteiger partial charge in [-0.05, 0) is 33.2 Å². The highest BCUT2D eigenvalue weighted by Crippen LogP contribution is 2.28. The van der Waals surface area contributed by atoms with Gasteiger partial charge in [-0.3, -0.25) is 0 Å². The summed E-state index contributed by atoms with van der Waals surface area (Å²) in [4.78, 5) is 8.76. The van der Waals surface area contributed by atoms with E-state index in [0.717, 1.165) is 26.1 Å². The molecular weight excluding hydrogens is 266 g/mol. The summed E-state index contributed by atoms with van der Waals surface area (Å²) >= 11 is 1.87. The number of nitrogens with zero attached hydrogens (tertiary/aromatic N) is 2. The van der Waals surface area contributed by atoms with Crippen LogP contribution in [0.1, 0.15) is 64.5 Å². The van der Waals surface area contributed by atoms with Gasteiger partial charge in [-0.2, -0.15) is 0 Å². The Morgan fingerprint density at radius 1 is 1.20 bits per heavy atom. The maximum absolute atomic E-state index is 4.89. The zero-order valence-electron chi connectivity index (χ0n) is 13.8. The number of aryl methyl sites for hydroxylation is 1. The molecule has 0 aliphatic rings. The van der Waals surface area contributed by atoms with Crippen LogP contribution < -0.4 is 10.2 Å². The van der Waals surface area contributed by atoms with Gasteiger partial charge in [0.1, 0.15) is 0 Å². The Kier molecular flexibility index (Phi) is 8.15. The summed E-state index contributed by atoms with van der Waals surface area (Å²) in [6, 6.07) is 0.523. The van der Waals surface area contributed by atoms with Gasteiger partial charge < -0.3 is 10.2 Å². The smallest absolute Gasteiger partial charge is 0.186 e. The van der Waals surface area contributed by atoms with Crippen LogP contribution in [0, 0.1) is 0 Å². The molecule has 0 aromatic carbocycles. The van der Waals surface area contributed by atoms with Gasteiger partial charge in [0, 0.05) is 24.0 Å². The molecular formula is C16H31N3S. The van der Waals surface area contributed by atoms with Crippen molar-refractivity contribution in [2.24, 2.45) is 0 Å². The van der Waals surface area contributed by atoms with Crippen LogP contribution in [0.3, 0.4) is 0 Å². The molecule has 0 aliphatic carbocycles. The molecule has 0 amide bonds. The van der Waals surface area contributed by atoms with Gasteiger partial charge in [0.2, 0.25) is 0 Å². The third kappa shape index (κ3) is 5.06. The lowest BCUT2D eigenvalue weighted by molar-refractivity contribution is 0.624. The minimum atomic E-state index is 0.523. The topological polar surface area (TPSA) is 28.2 Å². The molecule has 0 bridgehead atoms. The van der Waals surface area contributed by atoms with Gasteiger partial charge in [0.15, 0.2) is 5.13 Å². The van der Waals surface area contributed by atoms with E-state index in [0.29, 0.717) is 6.04 Å². The fraction of sp³-hybridized carbons (Fsp3) is 0.812. The summed E-state index contributed by atoms with van der Waals surface area (Å²) in [7, 11) is 0. The maximum atomic E-state index is 4.89. The molecule has 0 aliphatic heterocycles. The van der Waals surface area contributed by atoms with Gasteiger partial charge in [-0.15, -0.1) is 11.3 Å². The Morgan fingerprint density at radius 3 is 2.50 bits per heavy atom. The van der Waals surface area contributed by atoms with Crippen molar-refractivity contribution in [1.82, 2.24) is 10.3 Å². The molecule has 4 heteroatoms. The number of unbranched alkanes of at least 4 members (excludes halogenated alkanes) is 2. The highest BCUT2D eigenvalue weighted by Gasteiger charge is 2.17. The van der Waals surface area contributed by atoms with Crippen LogP contribution in [0.4, 0.5) is 5.13 Å². The number of rotatable bonds is 10. The first-order valence-corrected chi connectivity index (χ1v) is 8.91. The lowest BCUT2D eigenvalue weighted by atomic mass is 10.2. The van der Waals surface area contributed by atoms with E-state index in [2.05, 4.69) is 44.8 Å². The second-order valence-electron chi connectivity index (χ2n) is 5.49. The summed E-state index contributed by atoms with van der Waals surface area (Å²) in [5, 5.41) is 4.63. The molecule has 1 aromatic heterocycles. The van der Waals surface area contributed by atoms with Gasteiger partial charge in [-0.25, -0.2) is 4.98 Å². The van der Waals surface area contributed by atoms with E-state index >= 15 is 0 Å². The molecule has 1 rings (SSSR count). The van der Waals surface area contributed by atoms with Crippen molar-refractivity contribution in [3.63, 3.8) is 0 Å². The zero-order valence-corrected chi connectivity index (χ0v) is 14.6. The first kappa shape index (κ1) is 17.4. The molecule has 0 spiro atoms. The fourth-order valence-electron chi connectivity index (χ4n) is 2.25. The van der Waals surface area contributed by atoms with E-state index in [4.69, 9.17) is 4.98 Å². The Morgan fingerprint density at radius 2 is 1.95 bits per heavy atom. The molecule has 1 heterocycles. The molecule has 3 nitrogen and oxygen atoms in total. The van der Waals surface area contributed by atoms with Crippen LogP contribution in [0.25, 0.3) is 0 Å². The summed E-state index contributed by atoms with van der Waals surface area (Å²) in [5.74, 6) is 0. The number of anilines is 1. The highest BCUT2D eigenvalue weighted by molar-refractivity contribution is 7.15. The van der Waals surface area contributed by atoms with E-state index in [1.54, 1.807) is 0 Å². The van der Waals surface area contributed by atoms with E-state index in [1.807, 2.05) is 11.3 Å². The molecule has 20 heavy (non-hydrogen) atoms. The Hall–Kier alpha value is -0.610. The largest absolute Gasteiger partial charge is 0.346 e. The Balaban J connectivity index is 2.81. The SMILES string of the molecule is CCCCCN(c1nc(CC)c(CNCC)s1)C(C)C. The van der Waals surface area contributed by atoms with E-state index in [-0.39, 0.29) is 0 Å². The second kappa shape index (κ2) is 9.35. The van der Waals surface area contributed by atoms with Crippen molar-refractivity contribution >= 4 is 16.5 Å². The van der Waals surface area contributed by atoms with Crippen LogP contribution in [0.5, 0.6) is 0 Å². The number of hydrogen-bond acceptors (Lipinski definition) is 4. The summed E-state index contributed by atoms with van der Waals surface area (Å²) in [6.45, 7) is 14.2. The average Bonchev–Trinajstić information content (AvgIpc) is 2.83. The first-order valence-electron chi connectivity index (χ1n) is 8.09. The average molecular weight is 298 g/mol. The van der Waals surface area contributed by atoms with E-state index in [9.17, 15) is 0 Å². The molecule has 0 radical (unpaired) electrons. The number of nitrogens with one attached hydrogen (secondary N) is 1. The Bertz CT molecular complexity index is 374. The molecule has 0 unspecified atom stereocenters. The number of hydrogen-bond donors (Lipinski definition) is 1. The van der Waals surface area contributed by atoms with Gasteiger partial charge in [-0.1, -0.05) is 33.6 Å². The summed E-state index contributed by atoms with van der Waals surface area (Å²) in [5.41, 5.74) is 1.27. The van der Waals surface area contributed by atoms with E-state index < -0.39 is 0 Å². The Labute approximate surface area is 128 Å². The quantitative estimate of drug-likeness (QED) is 0.655. The zero-order chi connectivity index (χ0) is 15.0. The minimum absolute atomic E-state index is 0.523. The van der Waals surface area contributed by atoms with Gasteiger partial charge in [0.05, 0.1) is 5.69 Å². The molecule has 0 fully saturated rings. The summed E-state index contributed by atoms with van der Waals surface area (Å²) in [6.07, 6.45) is 4.87. The van der Waals surface area contributed by atoms with Crippen molar-refractivity contribution in [2.45, 2.75) is 72.9 Å². The maximum Gasteiger partial charge on any atom is 0.186 e. The minimum Gasteiger partial charge on any atom is -0.346 e. The molecule has 1 N–H and O–H groups in total. The van der Waals surface area contributed by atoms with E-state index in [1.165, 1.54) is 35.0 Å². The van der Waals surface area contributed by atoms with Crippen molar-refractivity contribution in [1.29, 1.82) is 0 Å². The fourth-order valence-corrected chi connectivity index (χ4v) is 3.53. The van der Waals surface area contributed by atoms with Crippen LogP contribution in [0.2, 0.25) is 0 Å². The third-order valence-electron chi connectivity index (χ3n) is 3.51. The van der Waals surface area contributed by atoms with Gasteiger partial charge in [0.25, 0.3) is 0 Å². The predicted octanol–water partition coefficient (Wildman–Crippen LogP) is 4.22. The van der Waals surface area contributed by atoms with Crippen molar-refractivity contribution in [3.05, 3.63) is 10.6 Å². The van der Waals surface area contributed by atoms with Crippen molar-refractivity contribution in [2.75, 3.05) is 18.0 Å². The van der Waals surface area contributed by atoms with Crippen LogP contribution in [-0.4, -0.2) is 24.1 Å². The molecule has 0 saturated heterocycles. The number of aromatic nitrogens is 1. The van der Waals surface area contributed by atoms with Crippen LogP contribution >= 0.6 is 11.3 Å². The third-order valence-corrected chi connectivity index (χ3v) is 4.64. The lowest BCUT2D eigenvalue weighted by Gasteiger charge is -2.26. The second-order valence-corrected chi connectivity index (χ2v) is 6.56. The van der Waals surface area contributed by atoms with Crippen molar-refractivity contribution < 1.29 is 0 Å². The molecule has 0 atom stereocenters. The number of thiazole rings is 1. The molecule has 1 aromatic rings. The monoisotopic (exact) mass is 297 g/mol. The van der Waals surface area contributed by atoms with Crippen molar-refractivity contribution in [3.8, 4) is 0 Å². The molecule has 116 valence electrons. The normalized spacial score (nSPS) is 11.3. The first-order chi connectivity index (χ1) is 9.63. The van der Waals surface area contributed by atoms with Crippen LogP contribution in [-0.2, 0) is 13.0 Å². The molecule has 0 saturated carbocycles. The highest BCUT2D eigenvalue weighted by atomic mass is 32.1. The van der Waals surface area contributed by atoms with Crippen LogP contribution in [0.15, 0.2) is 0 Å². The summed E-state index contributed by atoms with van der Waals surface area (Å²) < 4.78 is 0. The predicted molar refractivity (Wildman–Crippen MR) is 90.9 cm³/mol. The lowest BCUT2D eigenvalue weighted by Crippen LogP contribution is -2.31.